The number of benzene rings is 8. The summed E-state index contributed by atoms with van der Waals surface area (Å²) in [7, 11) is 6.67. The maximum absolute atomic E-state index is 12.8. The van der Waals surface area contributed by atoms with E-state index in [1.807, 2.05) is 133 Å². The fourth-order valence-electron chi connectivity index (χ4n) is 9.61. The van der Waals surface area contributed by atoms with Gasteiger partial charge < -0.3 is 43.2 Å². The van der Waals surface area contributed by atoms with Crippen molar-refractivity contribution in [1.29, 1.82) is 0 Å². The van der Waals surface area contributed by atoms with Gasteiger partial charge >= 0.3 is 0 Å². The number of ether oxygens (including phenoxy) is 8. The van der Waals surface area contributed by atoms with Gasteiger partial charge in [0.05, 0.1) is 34.5 Å². The monoisotopic (exact) mass is 1090 g/mol. The maximum Gasteiger partial charge on any atom is 0.162 e. The van der Waals surface area contributed by atoms with E-state index in [2.05, 4.69) is 79.8 Å². The number of fused-ring (bicyclic) bond motifs is 1. The third kappa shape index (κ3) is 16.9. The van der Waals surface area contributed by atoms with Gasteiger partial charge in [0.15, 0.2) is 51.8 Å². The number of methoxy groups -OCH3 is 4. The minimum absolute atomic E-state index is 0.0568. The van der Waals surface area contributed by atoms with Crippen molar-refractivity contribution in [2.24, 2.45) is 0 Å². The lowest BCUT2D eigenvalue weighted by Crippen LogP contribution is -2.28. The standard InChI is InChI=1S/C36H38O5.C35H37NO4/c1-4-30-23-34(39-3)36(41-26-29-14-9-6-10-15-29)24-31(30)19-20-32(37)17-11-16-27-18-21-33(38-2)35(22-27)40-25-28-12-7-5-8-13-28;1-4-27-19-32(37-2)34(39-23-25-11-7-5-8-12-25)20-28(27)15-16-31-30-22-33(38-3)35(21-29(30)17-18-36-31)40-24-26-13-9-6-10-14-26/h5-10,12-15,18-24H,4,11,16-17,25-26H2,1-3H3;5-16,19-22,31,36H,4,17-18,23-24H2,1-3H3/b20-19+;16-15+. The van der Waals surface area contributed by atoms with E-state index in [1.165, 1.54) is 16.7 Å². The predicted octanol–water partition coefficient (Wildman–Crippen LogP) is 15.4. The molecule has 1 unspecified atom stereocenters. The van der Waals surface area contributed by atoms with E-state index in [9.17, 15) is 4.79 Å². The van der Waals surface area contributed by atoms with Crippen LogP contribution < -0.4 is 43.2 Å². The first-order valence-corrected chi connectivity index (χ1v) is 27.9. The molecule has 81 heavy (non-hydrogen) atoms. The first-order chi connectivity index (χ1) is 39.8. The fourth-order valence-corrected chi connectivity index (χ4v) is 9.61. The Morgan fingerprint density at radius 3 is 1.36 bits per heavy atom. The highest BCUT2D eigenvalue weighted by Gasteiger charge is 2.22. The molecule has 0 spiro atoms. The Morgan fingerprint density at radius 1 is 0.469 bits per heavy atom. The largest absolute Gasteiger partial charge is 0.493 e. The van der Waals surface area contributed by atoms with E-state index in [-0.39, 0.29) is 11.8 Å². The Bertz CT molecular complexity index is 3310. The minimum Gasteiger partial charge on any atom is -0.493 e. The Labute approximate surface area is 478 Å². The Balaban J connectivity index is 0.000000212. The van der Waals surface area contributed by atoms with E-state index in [0.29, 0.717) is 55.8 Å². The molecule has 0 aliphatic carbocycles. The molecule has 0 bridgehead atoms. The highest BCUT2D eigenvalue weighted by atomic mass is 16.5. The summed E-state index contributed by atoms with van der Waals surface area (Å²) in [5.41, 5.74) is 12.4. The summed E-state index contributed by atoms with van der Waals surface area (Å²) in [5.74, 6) is 5.84. The maximum atomic E-state index is 12.8. The summed E-state index contributed by atoms with van der Waals surface area (Å²) >= 11 is 0. The van der Waals surface area contributed by atoms with Gasteiger partial charge in [0, 0.05) is 13.0 Å². The smallest absolute Gasteiger partial charge is 0.162 e. The van der Waals surface area contributed by atoms with Crippen molar-refractivity contribution in [3.8, 4) is 46.0 Å². The zero-order chi connectivity index (χ0) is 56.6. The number of carbonyl (C=O) groups excluding carboxylic acids is 1. The molecule has 10 heteroatoms. The van der Waals surface area contributed by atoms with Crippen LogP contribution in [0, 0.1) is 0 Å². The zero-order valence-electron chi connectivity index (χ0n) is 47.6. The summed E-state index contributed by atoms with van der Waals surface area (Å²) in [5, 5.41) is 3.66. The quantitative estimate of drug-likeness (QED) is 0.0527. The number of hydrogen-bond acceptors (Lipinski definition) is 10. The number of allylic oxidation sites excluding steroid dienone is 1. The van der Waals surface area contributed by atoms with Crippen LogP contribution in [0.3, 0.4) is 0 Å². The SMILES string of the molecule is CCc1cc(OC)c(OCc2ccccc2)cc1/C=C/C(=O)CCCc1ccc(OC)c(OCc2ccccc2)c1.CCc1cc(OC)c(OCc2ccccc2)cc1/C=C/C1NCCc2cc(OCc3ccccc3)c(OC)cc21. The van der Waals surface area contributed by atoms with Gasteiger partial charge in [0.1, 0.15) is 26.4 Å². The van der Waals surface area contributed by atoms with Crippen LogP contribution in [-0.4, -0.2) is 40.8 Å². The molecule has 0 saturated carbocycles. The summed E-state index contributed by atoms with van der Waals surface area (Å²) in [6, 6.07) is 58.8. The second-order valence-corrected chi connectivity index (χ2v) is 19.6. The van der Waals surface area contributed by atoms with E-state index >= 15 is 0 Å². The first kappa shape index (κ1) is 58.4. The van der Waals surface area contributed by atoms with Gasteiger partial charge in [-0.05, 0) is 148 Å². The van der Waals surface area contributed by atoms with E-state index in [0.717, 1.165) is 106 Å². The molecule has 1 atom stereocenters. The average Bonchev–Trinajstić information content (AvgIpc) is 3.52. The molecule has 1 aliphatic rings. The van der Waals surface area contributed by atoms with Gasteiger partial charge in [0.2, 0.25) is 0 Å². The molecule has 1 N–H and O–H groups in total. The topological polar surface area (TPSA) is 103 Å². The van der Waals surface area contributed by atoms with Crippen molar-refractivity contribution < 1.29 is 42.7 Å². The van der Waals surface area contributed by atoms with Crippen molar-refractivity contribution in [2.45, 2.75) is 84.8 Å². The Hall–Kier alpha value is -8.73. The van der Waals surface area contributed by atoms with Crippen LogP contribution in [0.15, 0.2) is 188 Å². The lowest BCUT2D eigenvalue weighted by Gasteiger charge is -2.26. The van der Waals surface area contributed by atoms with Gasteiger partial charge in [-0.15, -0.1) is 0 Å². The predicted molar refractivity (Wildman–Crippen MR) is 324 cm³/mol. The molecular formula is C71H75NO9. The van der Waals surface area contributed by atoms with Crippen molar-refractivity contribution in [2.75, 3.05) is 35.0 Å². The molecule has 9 rings (SSSR count). The zero-order valence-corrected chi connectivity index (χ0v) is 47.6. The number of carbonyl (C=O) groups is 1. The molecule has 1 heterocycles. The van der Waals surface area contributed by atoms with E-state index < -0.39 is 0 Å². The second kappa shape index (κ2) is 30.6. The number of rotatable bonds is 26. The number of aryl methyl sites for hydroxylation is 3. The Kier molecular flexibility index (Phi) is 22.1. The molecule has 0 radical (unpaired) electrons. The molecule has 0 amide bonds. The van der Waals surface area contributed by atoms with Crippen LogP contribution in [-0.2, 0) is 56.9 Å². The van der Waals surface area contributed by atoms with Crippen molar-refractivity contribution in [3.05, 3.63) is 249 Å². The van der Waals surface area contributed by atoms with Gasteiger partial charge in [-0.3, -0.25) is 4.79 Å². The second-order valence-electron chi connectivity index (χ2n) is 19.6. The molecular weight excluding hydrogens is 1010 g/mol. The van der Waals surface area contributed by atoms with Crippen LogP contribution in [0.25, 0.3) is 12.2 Å². The highest BCUT2D eigenvalue weighted by Crippen LogP contribution is 2.38. The van der Waals surface area contributed by atoms with Crippen LogP contribution in [0.5, 0.6) is 46.0 Å². The summed E-state index contributed by atoms with van der Waals surface area (Å²) < 4.78 is 47.0. The summed E-state index contributed by atoms with van der Waals surface area (Å²) in [6.45, 7) is 7.03. The number of nitrogens with one attached hydrogen (secondary N) is 1. The molecule has 1 aliphatic heterocycles. The average molecular weight is 1090 g/mol. The number of hydrogen-bond donors (Lipinski definition) is 1. The lowest BCUT2D eigenvalue weighted by atomic mass is 9.92. The first-order valence-electron chi connectivity index (χ1n) is 27.9. The number of ketones is 1. The third-order valence-electron chi connectivity index (χ3n) is 14.1. The summed E-state index contributed by atoms with van der Waals surface area (Å²) in [6.07, 6.45) is 12.6. The summed E-state index contributed by atoms with van der Waals surface area (Å²) in [4.78, 5) is 12.8. The van der Waals surface area contributed by atoms with Gasteiger partial charge in [-0.1, -0.05) is 159 Å². The van der Waals surface area contributed by atoms with Crippen LogP contribution in [0.1, 0.15) is 93.9 Å². The molecule has 8 aromatic rings. The molecule has 0 aromatic heterocycles. The molecule has 8 aromatic carbocycles. The molecule has 10 nitrogen and oxygen atoms in total. The van der Waals surface area contributed by atoms with Crippen molar-refractivity contribution >= 4 is 17.9 Å². The molecule has 418 valence electrons. The van der Waals surface area contributed by atoms with Crippen molar-refractivity contribution in [1.82, 2.24) is 5.32 Å². The van der Waals surface area contributed by atoms with Crippen LogP contribution in [0.2, 0.25) is 0 Å². The van der Waals surface area contributed by atoms with Gasteiger partial charge in [-0.2, -0.15) is 0 Å². The fraction of sp³-hybridized carbons (Fsp3) is 0.254. The minimum atomic E-state index is 0.0568. The van der Waals surface area contributed by atoms with Crippen LogP contribution in [0.4, 0.5) is 0 Å². The van der Waals surface area contributed by atoms with E-state index in [4.69, 9.17) is 37.9 Å². The lowest BCUT2D eigenvalue weighted by molar-refractivity contribution is -0.114. The normalized spacial score (nSPS) is 12.7. The van der Waals surface area contributed by atoms with Crippen molar-refractivity contribution in [3.63, 3.8) is 0 Å². The van der Waals surface area contributed by atoms with Gasteiger partial charge in [-0.25, -0.2) is 0 Å². The van der Waals surface area contributed by atoms with E-state index in [1.54, 1.807) is 34.5 Å². The highest BCUT2D eigenvalue weighted by molar-refractivity contribution is 5.93. The van der Waals surface area contributed by atoms with Gasteiger partial charge in [0.25, 0.3) is 0 Å². The Morgan fingerprint density at radius 2 is 0.901 bits per heavy atom. The molecule has 0 saturated heterocycles. The van der Waals surface area contributed by atoms with Crippen LogP contribution >= 0.6 is 0 Å². The molecule has 0 fully saturated rings. The third-order valence-corrected chi connectivity index (χ3v) is 14.1.